The lowest BCUT2D eigenvalue weighted by Crippen LogP contribution is -2.45. The summed E-state index contributed by atoms with van der Waals surface area (Å²) in [4.78, 5) is 14.9. The molecule has 0 aliphatic heterocycles. The van der Waals surface area contributed by atoms with Crippen molar-refractivity contribution in [1.82, 2.24) is 4.90 Å². The fraction of sp³-hybridized carbons (Fsp3) is 0.812. The van der Waals surface area contributed by atoms with E-state index in [4.69, 9.17) is 0 Å². The number of allylic oxidation sites excluding steroid dienone is 1. The minimum atomic E-state index is -0.121. The molecule has 0 spiro atoms. The molecule has 0 aromatic rings. The molecule has 0 amide bonds. The van der Waals surface area contributed by atoms with Crippen LogP contribution >= 0.6 is 0 Å². The lowest BCUT2D eigenvalue weighted by molar-refractivity contribution is -0.132. The second-order valence-electron chi connectivity index (χ2n) is 5.68. The Hall–Kier alpha value is -0.630. The molecule has 1 fully saturated rings. The smallest absolute Gasteiger partial charge is 0.140 e. The first-order valence-electron chi connectivity index (χ1n) is 7.55. The van der Waals surface area contributed by atoms with Crippen molar-refractivity contribution in [2.24, 2.45) is 5.41 Å². The Bertz CT molecular complexity index is 268. The zero-order chi connectivity index (χ0) is 13.4. The summed E-state index contributed by atoms with van der Waals surface area (Å²) in [6, 6.07) is 0. The Labute approximate surface area is 112 Å². The highest BCUT2D eigenvalue weighted by atomic mass is 16.1. The molecule has 1 atom stereocenters. The second kappa shape index (κ2) is 7.73. The number of carbonyl (C=O) groups is 1. The van der Waals surface area contributed by atoms with E-state index >= 15 is 0 Å². The van der Waals surface area contributed by atoms with Gasteiger partial charge >= 0.3 is 0 Å². The van der Waals surface area contributed by atoms with Crippen LogP contribution in [0.3, 0.4) is 0 Å². The third-order valence-electron chi connectivity index (χ3n) is 4.04. The standard InChI is InChI=1S/C16H29NO/c1-4-10-16(11-8-7-9-15(16)18)14-17(12-5-2)13-6-3/h4H,1,5-14H2,2-3H3. The van der Waals surface area contributed by atoms with E-state index in [1.807, 2.05) is 6.08 Å². The van der Waals surface area contributed by atoms with Gasteiger partial charge in [-0.25, -0.2) is 0 Å². The molecule has 1 rings (SSSR count). The van der Waals surface area contributed by atoms with Gasteiger partial charge in [-0.05, 0) is 45.2 Å². The first kappa shape index (κ1) is 15.4. The van der Waals surface area contributed by atoms with Crippen LogP contribution in [0.25, 0.3) is 0 Å². The van der Waals surface area contributed by atoms with E-state index < -0.39 is 0 Å². The molecule has 0 heterocycles. The molecular formula is C16H29NO. The molecule has 0 radical (unpaired) electrons. The minimum Gasteiger partial charge on any atom is -0.302 e. The molecule has 0 aromatic carbocycles. The average molecular weight is 251 g/mol. The predicted octanol–water partition coefficient (Wildman–Crippen LogP) is 3.81. The lowest BCUT2D eigenvalue weighted by Gasteiger charge is -2.39. The zero-order valence-corrected chi connectivity index (χ0v) is 12.2. The van der Waals surface area contributed by atoms with Gasteiger partial charge in [0.1, 0.15) is 5.78 Å². The van der Waals surface area contributed by atoms with Gasteiger partial charge in [-0.1, -0.05) is 26.3 Å². The quantitative estimate of drug-likeness (QED) is 0.611. The number of carbonyl (C=O) groups excluding carboxylic acids is 1. The van der Waals surface area contributed by atoms with Gasteiger partial charge in [-0.15, -0.1) is 6.58 Å². The molecule has 0 N–H and O–H groups in total. The third kappa shape index (κ3) is 3.94. The summed E-state index contributed by atoms with van der Waals surface area (Å²) >= 11 is 0. The first-order valence-corrected chi connectivity index (χ1v) is 7.55. The van der Waals surface area contributed by atoms with Gasteiger partial charge in [0.15, 0.2) is 0 Å². The maximum Gasteiger partial charge on any atom is 0.140 e. The van der Waals surface area contributed by atoms with Crippen molar-refractivity contribution >= 4 is 5.78 Å². The fourth-order valence-corrected chi connectivity index (χ4v) is 3.21. The monoisotopic (exact) mass is 251 g/mol. The minimum absolute atomic E-state index is 0.121. The highest BCUT2D eigenvalue weighted by molar-refractivity contribution is 5.86. The summed E-state index contributed by atoms with van der Waals surface area (Å²) in [6.07, 6.45) is 9.25. The Morgan fingerprint density at radius 2 is 1.94 bits per heavy atom. The molecule has 1 aliphatic carbocycles. The van der Waals surface area contributed by atoms with Crippen LogP contribution in [0.1, 0.15) is 58.8 Å². The molecule has 1 unspecified atom stereocenters. The van der Waals surface area contributed by atoms with Crippen LogP contribution in [-0.4, -0.2) is 30.3 Å². The van der Waals surface area contributed by atoms with E-state index in [9.17, 15) is 4.79 Å². The van der Waals surface area contributed by atoms with Crippen molar-refractivity contribution in [3.63, 3.8) is 0 Å². The van der Waals surface area contributed by atoms with E-state index in [1.54, 1.807) is 0 Å². The van der Waals surface area contributed by atoms with E-state index in [0.29, 0.717) is 5.78 Å². The van der Waals surface area contributed by atoms with Crippen molar-refractivity contribution in [3.05, 3.63) is 12.7 Å². The summed E-state index contributed by atoms with van der Waals surface area (Å²) in [7, 11) is 0. The number of rotatable bonds is 8. The Kier molecular flexibility index (Phi) is 6.62. The molecule has 18 heavy (non-hydrogen) atoms. The summed E-state index contributed by atoms with van der Waals surface area (Å²) < 4.78 is 0. The molecule has 1 aliphatic rings. The highest BCUT2D eigenvalue weighted by Gasteiger charge is 2.39. The first-order chi connectivity index (χ1) is 8.68. The number of hydrogen-bond acceptors (Lipinski definition) is 2. The number of ketones is 1. The van der Waals surface area contributed by atoms with Crippen LogP contribution in [0.5, 0.6) is 0 Å². The van der Waals surface area contributed by atoms with Gasteiger partial charge in [0, 0.05) is 18.4 Å². The van der Waals surface area contributed by atoms with Crippen molar-refractivity contribution in [3.8, 4) is 0 Å². The SMILES string of the molecule is C=CCC1(CN(CCC)CCC)CCCCC1=O. The van der Waals surface area contributed by atoms with Crippen molar-refractivity contribution in [2.45, 2.75) is 58.8 Å². The number of hydrogen-bond donors (Lipinski definition) is 0. The molecule has 0 aromatic heterocycles. The van der Waals surface area contributed by atoms with Gasteiger partial charge in [-0.3, -0.25) is 4.79 Å². The van der Waals surface area contributed by atoms with Crippen LogP contribution < -0.4 is 0 Å². The fourth-order valence-electron chi connectivity index (χ4n) is 3.21. The molecule has 104 valence electrons. The Balaban J connectivity index is 2.75. The van der Waals surface area contributed by atoms with Gasteiger partial charge in [0.2, 0.25) is 0 Å². The van der Waals surface area contributed by atoms with Gasteiger partial charge in [-0.2, -0.15) is 0 Å². The zero-order valence-electron chi connectivity index (χ0n) is 12.2. The van der Waals surface area contributed by atoms with E-state index in [2.05, 4.69) is 25.3 Å². The van der Waals surface area contributed by atoms with E-state index in [0.717, 1.165) is 45.3 Å². The van der Waals surface area contributed by atoms with Crippen molar-refractivity contribution in [1.29, 1.82) is 0 Å². The highest BCUT2D eigenvalue weighted by Crippen LogP contribution is 2.37. The second-order valence-corrected chi connectivity index (χ2v) is 5.68. The molecule has 0 saturated heterocycles. The van der Waals surface area contributed by atoms with Gasteiger partial charge < -0.3 is 4.90 Å². The summed E-state index contributed by atoms with van der Waals surface area (Å²) in [5, 5.41) is 0. The van der Waals surface area contributed by atoms with Crippen LogP contribution in [0.2, 0.25) is 0 Å². The molecule has 0 bridgehead atoms. The number of Topliss-reactive ketones (excluding diaryl/α,β-unsaturated/α-hetero) is 1. The lowest BCUT2D eigenvalue weighted by atomic mass is 9.70. The molecule has 1 saturated carbocycles. The largest absolute Gasteiger partial charge is 0.302 e. The van der Waals surface area contributed by atoms with E-state index in [1.165, 1.54) is 19.3 Å². The molecular weight excluding hydrogens is 222 g/mol. The third-order valence-corrected chi connectivity index (χ3v) is 4.04. The average Bonchev–Trinajstić information content (AvgIpc) is 2.34. The Morgan fingerprint density at radius 1 is 1.28 bits per heavy atom. The van der Waals surface area contributed by atoms with Crippen LogP contribution in [0, 0.1) is 5.41 Å². The van der Waals surface area contributed by atoms with Gasteiger partial charge in [0.05, 0.1) is 0 Å². The Morgan fingerprint density at radius 3 is 2.44 bits per heavy atom. The van der Waals surface area contributed by atoms with E-state index in [-0.39, 0.29) is 5.41 Å². The van der Waals surface area contributed by atoms with Crippen molar-refractivity contribution < 1.29 is 4.79 Å². The van der Waals surface area contributed by atoms with Gasteiger partial charge in [0.25, 0.3) is 0 Å². The number of nitrogens with zero attached hydrogens (tertiary/aromatic N) is 1. The molecule has 2 nitrogen and oxygen atoms in total. The van der Waals surface area contributed by atoms with Crippen molar-refractivity contribution in [2.75, 3.05) is 19.6 Å². The topological polar surface area (TPSA) is 20.3 Å². The van der Waals surface area contributed by atoms with Crippen LogP contribution in [0.15, 0.2) is 12.7 Å². The van der Waals surface area contributed by atoms with Crippen LogP contribution in [-0.2, 0) is 4.79 Å². The maximum absolute atomic E-state index is 12.4. The summed E-state index contributed by atoms with van der Waals surface area (Å²) in [5.41, 5.74) is -0.121. The predicted molar refractivity (Wildman–Crippen MR) is 77.7 cm³/mol. The maximum atomic E-state index is 12.4. The molecule has 2 heteroatoms. The normalized spacial score (nSPS) is 24.5. The summed E-state index contributed by atoms with van der Waals surface area (Å²) in [6.45, 7) is 11.5. The van der Waals surface area contributed by atoms with Crippen LogP contribution in [0.4, 0.5) is 0 Å². The summed E-state index contributed by atoms with van der Waals surface area (Å²) in [5.74, 6) is 0.478.